The largest absolute Gasteiger partial charge is 0.384 e. The van der Waals surface area contributed by atoms with E-state index in [1.165, 1.54) is 11.1 Å². The van der Waals surface area contributed by atoms with Crippen molar-refractivity contribution in [2.45, 2.75) is 57.7 Å². The smallest absolute Gasteiger partial charge is 0.242 e. The van der Waals surface area contributed by atoms with E-state index in [9.17, 15) is 9.59 Å². The van der Waals surface area contributed by atoms with Crippen molar-refractivity contribution < 1.29 is 9.59 Å². The number of nitrogens with one attached hydrogen (secondary N) is 3. The number of hydrogen-bond acceptors (Lipinski definition) is 5. The van der Waals surface area contributed by atoms with Crippen molar-refractivity contribution in [2.24, 2.45) is 5.92 Å². The Morgan fingerprint density at radius 2 is 2.13 bits per heavy atom. The van der Waals surface area contributed by atoms with Crippen LogP contribution in [0.2, 0.25) is 0 Å². The zero-order chi connectivity index (χ0) is 22.0. The average molecular weight is 422 g/mol. The van der Waals surface area contributed by atoms with Gasteiger partial charge in [0.1, 0.15) is 11.9 Å². The van der Waals surface area contributed by atoms with Gasteiger partial charge in [-0.1, -0.05) is 35.9 Å². The van der Waals surface area contributed by atoms with Gasteiger partial charge in [0.2, 0.25) is 11.8 Å². The molecule has 2 amide bonds. The Morgan fingerprint density at radius 1 is 1.29 bits per heavy atom. The lowest BCUT2D eigenvalue weighted by Crippen LogP contribution is -2.50. The number of aryl methyl sites for hydroxylation is 2. The zero-order valence-electron chi connectivity index (χ0n) is 18.2. The number of pyridine rings is 1. The van der Waals surface area contributed by atoms with Crippen molar-refractivity contribution in [2.75, 3.05) is 12.3 Å². The van der Waals surface area contributed by atoms with Crippen molar-refractivity contribution in [3.63, 3.8) is 0 Å². The predicted molar refractivity (Wildman–Crippen MR) is 120 cm³/mol. The first kappa shape index (κ1) is 21.3. The maximum absolute atomic E-state index is 12.7. The van der Waals surface area contributed by atoms with Crippen LogP contribution < -0.4 is 21.7 Å². The highest BCUT2D eigenvalue weighted by Crippen LogP contribution is 2.30. The van der Waals surface area contributed by atoms with Crippen LogP contribution in [-0.4, -0.2) is 35.4 Å². The first-order chi connectivity index (χ1) is 14.9. The lowest BCUT2D eigenvalue weighted by atomic mass is 9.95. The van der Waals surface area contributed by atoms with Crippen LogP contribution in [0.4, 0.5) is 5.82 Å². The van der Waals surface area contributed by atoms with E-state index < -0.39 is 6.04 Å². The van der Waals surface area contributed by atoms with E-state index in [2.05, 4.69) is 52.1 Å². The Kier molecular flexibility index (Phi) is 6.23. The van der Waals surface area contributed by atoms with E-state index in [1.807, 2.05) is 6.07 Å². The molecule has 1 aliphatic heterocycles. The van der Waals surface area contributed by atoms with Crippen LogP contribution in [0.15, 0.2) is 36.4 Å². The molecule has 7 heteroatoms. The third-order valence-corrected chi connectivity index (χ3v) is 6.29. The first-order valence-corrected chi connectivity index (χ1v) is 11.0. The third-order valence-electron chi connectivity index (χ3n) is 6.29. The van der Waals surface area contributed by atoms with E-state index >= 15 is 0 Å². The third kappa shape index (κ3) is 5.05. The molecule has 1 aromatic heterocycles. The summed E-state index contributed by atoms with van der Waals surface area (Å²) in [6.45, 7) is 4.63. The topological polar surface area (TPSA) is 109 Å². The molecule has 1 saturated heterocycles. The molecule has 2 aromatic rings. The summed E-state index contributed by atoms with van der Waals surface area (Å²) in [5, 5.41) is 9.23. The van der Waals surface area contributed by atoms with E-state index in [-0.39, 0.29) is 23.9 Å². The average Bonchev–Trinajstić information content (AvgIpc) is 3.35. The summed E-state index contributed by atoms with van der Waals surface area (Å²) in [6, 6.07) is 11.2. The van der Waals surface area contributed by atoms with E-state index in [0.717, 1.165) is 43.5 Å². The Hall–Kier alpha value is -2.93. The quantitative estimate of drug-likeness (QED) is 0.569. The van der Waals surface area contributed by atoms with Crippen LogP contribution in [0.1, 0.15) is 48.2 Å². The SMILES string of the molecule is Cc1cccc(C[C@@H]2CN[C@@H](C(=O)N[C@@H](C)C(=O)N[C@@H]3CCc4nc(N)ccc43)C2)c1. The summed E-state index contributed by atoms with van der Waals surface area (Å²) >= 11 is 0. The molecule has 0 radical (unpaired) electrons. The molecule has 4 atom stereocenters. The van der Waals surface area contributed by atoms with Crippen LogP contribution in [0.3, 0.4) is 0 Å². The molecule has 31 heavy (non-hydrogen) atoms. The number of rotatable bonds is 6. The second kappa shape index (κ2) is 9.06. The van der Waals surface area contributed by atoms with Gasteiger partial charge in [-0.3, -0.25) is 9.59 Å². The lowest BCUT2D eigenvalue weighted by Gasteiger charge is -2.20. The number of nitrogens with two attached hydrogens (primary N) is 1. The van der Waals surface area contributed by atoms with Crippen molar-refractivity contribution >= 4 is 17.6 Å². The normalized spacial score (nSPS) is 23.2. The molecule has 1 aromatic carbocycles. The highest BCUT2D eigenvalue weighted by molar-refractivity contribution is 5.89. The summed E-state index contributed by atoms with van der Waals surface area (Å²) in [5.74, 6) is 0.612. The van der Waals surface area contributed by atoms with Gasteiger partial charge in [0.15, 0.2) is 0 Å². The van der Waals surface area contributed by atoms with E-state index in [4.69, 9.17) is 5.73 Å². The fraction of sp³-hybridized carbons (Fsp3) is 0.458. The van der Waals surface area contributed by atoms with Crippen molar-refractivity contribution in [1.82, 2.24) is 20.9 Å². The fourth-order valence-corrected chi connectivity index (χ4v) is 4.65. The number of carbonyl (C=O) groups excluding carboxylic acids is 2. The summed E-state index contributed by atoms with van der Waals surface area (Å²) in [7, 11) is 0. The number of carbonyl (C=O) groups is 2. The first-order valence-electron chi connectivity index (χ1n) is 11.0. The Balaban J connectivity index is 1.26. The standard InChI is InChI=1S/C24H31N5O2/c1-14-4-3-5-16(10-14)11-17-12-21(26-13-17)24(31)27-15(2)23(30)29-20-8-7-19-18(20)6-9-22(25)28-19/h3-6,9-10,15,17,20-21,26H,7-8,11-13H2,1-2H3,(H2,25,28)(H,27,31)(H,29,30)/t15-,17-,20+,21+/m0/s1. The summed E-state index contributed by atoms with van der Waals surface area (Å²) < 4.78 is 0. The molecular weight excluding hydrogens is 390 g/mol. The number of anilines is 1. The molecule has 1 aliphatic carbocycles. The molecule has 1 fully saturated rings. The van der Waals surface area contributed by atoms with Crippen LogP contribution in [0.5, 0.6) is 0 Å². The zero-order valence-corrected chi connectivity index (χ0v) is 18.2. The molecule has 0 saturated carbocycles. The summed E-state index contributed by atoms with van der Waals surface area (Å²) in [6.07, 6.45) is 3.31. The molecular formula is C24H31N5O2. The number of nitrogens with zero attached hydrogens (tertiary/aromatic N) is 1. The molecule has 164 valence electrons. The van der Waals surface area contributed by atoms with E-state index in [1.54, 1.807) is 13.0 Å². The molecule has 0 unspecified atom stereocenters. The highest BCUT2D eigenvalue weighted by atomic mass is 16.2. The number of amides is 2. The monoisotopic (exact) mass is 421 g/mol. The molecule has 0 spiro atoms. The van der Waals surface area contributed by atoms with Gasteiger partial charge in [-0.25, -0.2) is 4.98 Å². The van der Waals surface area contributed by atoms with Crippen molar-refractivity contribution in [3.05, 3.63) is 58.8 Å². The number of benzene rings is 1. The maximum Gasteiger partial charge on any atom is 0.242 e. The van der Waals surface area contributed by atoms with Gasteiger partial charge in [0.25, 0.3) is 0 Å². The van der Waals surface area contributed by atoms with Gasteiger partial charge in [-0.05, 0) is 69.2 Å². The molecule has 0 bridgehead atoms. The minimum absolute atomic E-state index is 0.0849. The molecule has 5 N–H and O–H groups in total. The fourth-order valence-electron chi connectivity index (χ4n) is 4.65. The second-order valence-corrected chi connectivity index (χ2v) is 8.86. The summed E-state index contributed by atoms with van der Waals surface area (Å²) in [5.41, 5.74) is 10.3. The van der Waals surface area contributed by atoms with Gasteiger partial charge in [0, 0.05) is 5.69 Å². The van der Waals surface area contributed by atoms with Gasteiger partial charge in [-0.2, -0.15) is 0 Å². The van der Waals surface area contributed by atoms with E-state index in [0.29, 0.717) is 11.7 Å². The van der Waals surface area contributed by atoms with Gasteiger partial charge in [0.05, 0.1) is 12.1 Å². The minimum atomic E-state index is -0.601. The Morgan fingerprint density at radius 3 is 2.94 bits per heavy atom. The molecule has 4 rings (SSSR count). The van der Waals surface area contributed by atoms with Gasteiger partial charge >= 0.3 is 0 Å². The lowest BCUT2D eigenvalue weighted by molar-refractivity contribution is -0.129. The van der Waals surface area contributed by atoms with Crippen LogP contribution in [-0.2, 0) is 22.4 Å². The molecule has 7 nitrogen and oxygen atoms in total. The predicted octanol–water partition coefficient (Wildman–Crippen LogP) is 1.80. The summed E-state index contributed by atoms with van der Waals surface area (Å²) in [4.78, 5) is 29.7. The van der Waals surface area contributed by atoms with Gasteiger partial charge < -0.3 is 21.7 Å². The highest BCUT2D eigenvalue weighted by Gasteiger charge is 2.32. The number of hydrogen-bond donors (Lipinski definition) is 4. The van der Waals surface area contributed by atoms with Crippen LogP contribution >= 0.6 is 0 Å². The number of nitrogen functional groups attached to an aromatic ring is 1. The maximum atomic E-state index is 12.7. The second-order valence-electron chi connectivity index (χ2n) is 8.86. The van der Waals surface area contributed by atoms with Gasteiger partial charge in [-0.15, -0.1) is 0 Å². The molecule has 2 aliphatic rings. The Labute approximate surface area is 183 Å². The van der Waals surface area contributed by atoms with Crippen LogP contribution in [0, 0.1) is 12.8 Å². The Bertz CT molecular complexity index is 976. The van der Waals surface area contributed by atoms with Crippen molar-refractivity contribution in [3.8, 4) is 0 Å². The van der Waals surface area contributed by atoms with Crippen molar-refractivity contribution in [1.29, 1.82) is 0 Å². The minimum Gasteiger partial charge on any atom is -0.384 e. The number of fused-ring (bicyclic) bond motifs is 1. The van der Waals surface area contributed by atoms with Crippen LogP contribution in [0.25, 0.3) is 0 Å². The number of aromatic nitrogens is 1. The molecule has 2 heterocycles.